The molecule has 0 aliphatic carbocycles. The summed E-state index contributed by atoms with van der Waals surface area (Å²) in [5.74, 6) is 0.594. The van der Waals surface area contributed by atoms with Crippen molar-refractivity contribution in [2.24, 2.45) is 5.92 Å². The highest BCUT2D eigenvalue weighted by atomic mass is 35.5. The lowest BCUT2D eigenvalue weighted by Crippen LogP contribution is -2.41. The second-order valence-electron chi connectivity index (χ2n) is 8.33. The van der Waals surface area contributed by atoms with Gasteiger partial charge in [0.25, 0.3) is 5.56 Å². The minimum absolute atomic E-state index is 0.00630. The number of piperidine rings is 1. The van der Waals surface area contributed by atoms with E-state index in [1.807, 2.05) is 51.8 Å². The van der Waals surface area contributed by atoms with E-state index in [2.05, 4.69) is 6.92 Å². The number of thiazole rings is 1. The van der Waals surface area contributed by atoms with Gasteiger partial charge in [-0.2, -0.15) is 0 Å². The van der Waals surface area contributed by atoms with Crippen molar-refractivity contribution in [2.45, 2.75) is 26.3 Å². The lowest BCUT2D eigenvalue weighted by molar-refractivity contribution is -0.133. The third-order valence-corrected chi connectivity index (χ3v) is 7.86. The van der Waals surface area contributed by atoms with Crippen LogP contribution < -0.4 is 5.56 Å². The average Bonchev–Trinajstić information content (AvgIpc) is 3.14. The van der Waals surface area contributed by atoms with Crippen LogP contribution in [0.15, 0.2) is 53.3 Å². The maximum atomic E-state index is 13.6. The molecule has 1 amide bonds. The fraction of sp³-hybridized carbons (Fsp3) is 0.292. The van der Waals surface area contributed by atoms with Gasteiger partial charge < -0.3 is 4.90 Å². The van der Waals surface area contributed by atoms with Gasteiger partial charge in [-0.3, -0.25) is 18.6 Å². The van der Waals surface area contributed by atoms with E-state index in [4.69, 9.17) is 23.8 Å². The number of hydrogen-bond donors (Lipinski definition) is 0. The SMILES string of the molecule is CC1CCN(C(=O)Cn2c(=O)c3ccccc3n3c(=S)sc(-c4ccc(Cl)cc4)c23)CC1. The van der Waals surface area contributed by atoms with E-state index in [-0.39, 0.29) is 18.0 Å². The molecule has 32 heavy (non-hydrogen) atoms. The molecule has 164 valence electrons. The largest absolute Gasteiger partial charge is 0.341 e. The Balaban J connectivity index is 1.73. The van der Waals surface area contributed by atoms with Gasteiger partial charge in [0.15, 0.2) is 3.95 Å². The Labute approximate surface area is 199 Å². The molecule has 0 N–H and O–H groups in total. The molecule has 0 saturated carbocycles. The predicted molar refractivity (Wildman–Crippen MR) is 133 cm³/mol. The maximum Gasteiger partial charge on any atom is 0.262 e. The Morgan fingerprint density at radius 3 is 2.53 bits per heavy atom. The smallest absolute Gasteiger partial charge is 0.262 e. The molecular weight excluding hydrogens is 462 g/mol. The minimum atomic E-state index is -0.178. The number of amides is 1. The number of fused-ring (bicyclic) bond motifs is 3. The zero-order valence-corrected chi connectivity index (χ0v) is 20.0. The van der Waals surface area contributed by atoms with Crippen LogP contribution in [0.4, 0.5) is 0 Å². The van der Waals surface area contributed by atoms with Gasteiger partial charge in [-0.15, -0.1) is 11.3 Å². The fourth-order valence-electron chi connectivity index (χ4n) is 4.34. The van der Waals surface area contributed by atoms with Gasteiger partial charge in [0.1, 0.15) is 12.2 Å². The number of aromatic nitrogens is 2. The Hall–Kier alpha value is -2.48. The van der Waals surface area contributed by atoms with Crippen molar-refractivity contribution in [3.05, 3.63) is 67.9 Å². The lowest BCUT2D eigenvalue weighted by atomic mass is 9.99. The van der Waals surface area contributed by atoms with Gasteiger partial charge >= 0.3 is 0 Å². The van der Waals surface area contributed by atoms with E-state index in [0.29, 0.717) is 25.9 Å². The van der Waals surface area contributed by atoms with Crippen LogP contribution >= 0.6 is 35.2 Å². The molecule has 1 saturated heterocycles. The first-order valence-corrected chi connectivity index (χ1v) is 12.2. The van der Waals surface area contributed by atoms with Gasteiger partial charge in [-0.25, -0.2) is 0 Å². The molecule has 0 radical (unpaired) electrons. The average molecular weight is 484 g/mol. The predicted octanol–water partition coefficient (Wildman–Crippen LogP) is 5.62. The van der Waals surface area contributed by atoms with Crippen molar-refractivity contribution in [1.82, 2.24) is 13.9 Å². The first-order valence-electron chi connectivity index (χ1n) is 10.6. The molecule has 5 nitrogen and oxygen atoms in total. The topological polar surface area (TPSA) is 46.7 Å². The highest BCUT2D eigenvalue weighted by Gasteiger charge is 2.24. The molecule has 3 heterocycles. The van der Waals surface area contributed by atoms with E-state index < -0.39 is 0 Å². The van der Waals surface area contributed by atoms with Crippen molar-refractivity contribution in [2.75, 3.05) is 13.1 Å². The quantitative estimate of drug-likeness (QED) is 0.355. The van der Waals surface area contributed by atoms with Crippen molar-refractivity contribution in [1.29, 1.82) is 0 Å². The van der Waals surface area contributed by atoms with Crippen molar-refractivity contribution < 1.29 is 4.79 Å². The number of benzene rings is 2. The highest BCUT2D eigenvalue weighted by molar-refractivity contribution is 7.73. The monoisotopic (exact) mass is 483 g/mol. The van der Waals surface area contributed by atoms with Gasteiger partial charge in [0, 0.05) is 18.1 Å². The highest BCUT2D eigenvalue weighted by Crippen LogP contribution is 2.34. The Morgan fingerprint density at radius 1 is 1.12 bits per heavy atom. The van der Waals surface area contributed by atoms with Crippen LogP contribution in [0.5, 0.6) is 0 Å². The summed E-state index contributed by atoms with van der Waals surface area (Å²) >= 11 is 13.3. The first kappa shape index (κ1) is 21.4. The van der Waals surface area contributed by atoms with E-state index in [0.717, 1.165) is 41.9 Å². The molecule has 1 fully saturated rings. The van der Waals surface area contributed by atoms with Crippen LogP contribution in [-0.4, -0.2) is 32.9 Å². The van der Waals surface area contributed by atoms with Crippen LogP contribution in [0.1, 0.15) is 19.8 Å². The van der Waals surface area contributed by atoms with Crippen molar-refractivity contribution in [3.63, 3.8) is 0 Å². The lowest BCUT2D eigenvalue weighted by Gasteiger charge is -2.30. The molecule has 5 rings (SSSR count). The number of rotatable bonds is 3. The molecule has 0 spiro atoms. The third-order valence-electron chi connectivity index (χ3n) is 6.20. The van der Waals surface area contributed by atoms with E-state index in [9.17, 15) is 9.59 Å². The van der Waals surface area contributed by atoms with E-state index in [1.165, 1.54) is 11.3 Å². The summed E-state index contributed by atoms with van der Waals surface area (Å²) in [5, 5.41) is 1.19. The number of halogens is 1. The van der Waals surface area contributed by atoms with E-state index >= 15 is 0 Å². The molecule has 0 unspecified atom stereocenters. The molecule has 8 heteroatoms. The normalized spacial score (nSPS) is 15.0. The van der Waals surface area contributed by atoms with Crippen LogP contribution in [0.3, 0.4) is 0 Å². The summed E-state index contributed by atoms with van der Waals surface area (Å²) in [6, 6.07) is 14.9. The Kier molecular flexibility index (Phi) is 5.65. The summed E-state index contributed by atoms with van der Waals surface area (Å²) < 4.78 is 4.15. The number of carbonyl (C=O) groups is 1. The van der Waals surface area contributed by atoms with Gasteiger partial charge in [0.05, 0.1) is 15.8 Å². The van der Waals surface area contributed by atoms with Gasteiger partial charge in [-0.05, 0) is 60.8 Å². The van der Waals surface area contributed by atoms with Crippen molar-refractivity contribution in [3.8, 4) is 10.4 Å². The first-order chi connectivity index (χ1) is 15.4. The molecule has 2 aromatic heterocycles. The minimum Gasteiger partial charge on any atom is -0.341 e. The summed E-state index contributed by atoms with van der Waals surface area (Å²) in [6.45, 7) is 3.68. The van der Waals surface area contributed by atoms with E-state index in [1.54, 1.807) is 10.6 Å². The van der Waals surface area contributed by atoms with Crippen LogP contribution in [0, 0.1) is 9.87 Å². The summed E-state index contributed by atoms with van der Waals surface area (Å²) in [6.07, 6.45) is 1.99. The Bertz CT molecular complexity index is 1440. The number of para-hydroxylation sites is 1. The number of nitrogens with zero attached hydrogens (tertiary/aromatic N) is 3. The zero-order valence-electron chi connectivity index (χ0n) is 17.6. The summed E-state index contributed by atoms with van der Waals surface area (Å²) in [7, 11) is 0. The van der Waals surface area contributed by atoms with Gasteiger partial charge in [-0.1, -0.05) is 42.8 Å². The molecular formula is C24H22ClN3O2S2. The number of likely N-dealkylation sites (tertiary alicyclic amines) is 1. The molecule has 4 aromatic rings. The Morgan fingerprint density at radius 2 is 1.81 bits per heavy atom. The number of hydrogen-bond acceptors (Lipinski definition) is 4. The molecule has 0 atom stereocenters. The summed E-state index contributed by atoms with van der Waals surface area (Å²) in [5.41, 5.74) is 2.15. The molecule has 0 bridgehead atoms. The second-order valence-corrected chi connectivity index (χ2v) is 10.4. The molecule has 1 aliphatic rings. The van der Waals surface area contributed by atoms with Gasteiger partial charge in [0.2, 0.25) is 5.91 Å². The van der Waals surface area contributed by atoms with Crippen LogP contribution in [0.2, 0.25) is 5.02 Å². The second kappa shape index (κ2) is 8.46. The third kappa shape index (κ3) is 3.68. The van der Waals surface area contributed by atoms with Crippen LogP contribution in [-0.2, 0) is 11.3 Å². The standard InChI is InChI=1S/C24H22ClN3O2S2/c1-15-10-12-26(13-11-15)20(29)14-27-22-21(16-6-8-17(25)9-7-16)32-24(31)28(22)19-5-3-2-4-18(19)23(27)30/h2-9,15H,10-14H2,1H3. The molecule has 1 aliphatic heterocycles. The molecule has 2 aromatic carbocycles. The van der Waals surface area contributed by atoms with Crippen molar-refractivity contribution >= 4 is 57.6 Å². The van der Waals surface area contributed by atoms with Crippen LogP contribution in [0.25, 0.3) is 27.0 Å². The maximum absolute atomic E-state index is 13.6. The zero-order chi connectivity index (χ0) is 22.4. The fourth-order valence-corrected chi connectivity index (χ4v) is 5.90. The number of carbonyl (C=O) groups excluding carboxylic acids is 1. The summed E-state index contributed by atoms with van der Waals surface area (Å²) in [4.78, 5) is 29.5.